The molecule has 206 valence electrons. The molecule has 1 saturated carbocycles. The molecule has 1 aliphatic heterocycles. The number of hydrogen-bond donors (Lipinski definition) is 2. The summed E-state index contributed by atoms with van der Waals surface area (Å²) in [4.78, 5) is 31.9. The molecule has 38 heavy (non-hydrogen) atoms. The number of nitrogens with one attached hydrogen (secondary N) is 2. The van der Waals surface area contributed by atoms with Crippen LogP contribution in [0.4, 0.5) is 17.2 Å². The van der Waals surface area contributed by atoms with E-state index in [1.54, 1.807) is 37.3 Å². The maximum absolute atomic E-state index is 13.4. The highest BCUT2D eigenvalue weighted by atomic mass is 32.2. The Hall–Kier alpha value is -3.34. The Bertz CT molecular complexity index is 1270. The Balaban J connectivity index is 1.58. The van der Waals surface area contributed by atoms with Crippen molar-refractivity contribution in [3.63, 3.8) is 0 Å². The van der Waals surface area contributed by atoms with Gasteiger partial charge in [0.15, 0.2) is 5.25 Å². The summed E-state index contributed by atoms with van der Waals surface area (Å²) < 4.78 is 38.6. The molecule has 1 saturated heterocycles. The number of aromatic nitrogens is 1. The minimum Gasteiger partial charge on any atom is -0.478 e. The van der Waals surface area contributed by atoms with E-state index in [4.69, 9.17) is 9.47 Å². The average molecular weight is 545 g/mol. The Morgan fingerprint density at radius 1 is 1.11 bits per heavy atom. The van der Waals surface area contributed by atoms with E-state index in [1.165, 1.54) is 25.8 Å². The van der Waals surface area contributed by atoms with Gasteiger partial charge in [0.05, 0.1) is 30.2 Å². The molecule has 2 heterocycles. The first-order valence-corrected chi connectivity index (χ1v) is 14.7. The van der Waals surface area contributed by atoms with Crippen molar-refractivity contribution in [1.82, 2.24) is 4.98 Å². The van der Waals surface area contributed by atoms with Gasteiger partial charge in [-0.15, -0.1) is 0 Å². The monoisotopic (exact) mass is 544 g/mol. The van der Waals surface area contributed by atoms with Crippen LogP contribution in [0.15, 0.2) is 36.4 Å². The minimum absolute atomic E-state index is 0.0889. The summed E-state index contributed by atoms with van der Waals surface area (Å²) in [7, 11) is -4.05. The summed E-state index contributed by atoms with van der Waals surface area (Å²) in [6.07, 6.45) is 5.38. The number of rotatable bonds is 11. The van der Waals surface area contributed by atoms with E-state index < -0.39 is 21.2 Å². The van der Waals surface area contributed by atoms with Gasteiger partial charge >= 0.3 is 5.97 Å². The van der Waals surface area contributed by atoms with E-state index in [1.807, 2.05) is 6.92 Å². The lowest BCUT2D eigenvalue weighted by atomic mass is 9.93. The molecule has 2 fully saturated rings. The summed E-state index contributed by atoms with van der Waals surface area (Å²) in [5.41, 5.74) is 1.73. The van der Waals surface area contributed by atoms with Crippen molar-refractivity contribution in [3.8, 4) is 5.88 Å². The zero-order chi connectivity index (χ0) is 27.3. The SMILES string of the molecule is CCCOc1cccc(NC(=O)c2ccc(NS(=O)(=O)C(C)C(=O)OCC)cc2N2CCC3(CC2)CC3)n1. The fourth-order valence-electron chi connectivity index (χ4n) is 4.54. The highest BCUT2D eigenvalue weighted by Gasteiger charge is 2.44. The summed E-state index contributed by atoms with van der Waals surface area (Å²) >= 11 is 0. The topological polar surface area (TPSA) is 127 Å². The van der Waals surface area contributed by atoms with Crippen molar-refractivity contribution in [2.24, 2.45) is 5.41 Å². The third kappa shape index (κ3) is 6.56. The first-order chi connectivity index (χ1) is 18.2. The van der Waals surface area contributed by atoms with E-state index in [0.29, 0.717) is 35.0 Å². The molecule has 1 aliphatic carbocycles. The number of ether oxygens (including phenoxy) is 2. The van der Waals surface area contributed by atoms with Crippen molar-refractivity contribution in [2.45, 2.75) is 58.1 Å². The molecule has 0 radical (unpaired) electrons. The van der Waals surface area contributed by atoms with Crippen LogP contribution < -0.4 is 19.7 Å². The standard InChI is InChI=1S/C27H36N4O6S/c1-4-17-37-24-8-6-7-23(28-24)29-25(32)21-10-9-20(30-38(34,35)19(3)26(33)36-5-2)18-22(21)31-15-13-27(11-12-27)14-16-31/h6-10,18-19,30H,4-5,11-17H2,1-3H3,(H,28,29,32). The summed E-state index contributed by atoms with van der Waals surface area (Å²) in [5.74, 6) is -0.393. The Morgan fingerprint density at radius 2 is 1.84 bits per heavy atom. The zero-order valence-corrected chi connectivity index (χ0v) is 23.0. The number of pyridine rings is 1. The number of hydrogen-bond acceptors (Lipinski definition) is 8. The van der Waals surface area contributed by atoms with Crippen LogP contribution in [-0.4, -0.2) is 56.8 Å². The van der Waals surface area contributed by atoms with E-state index in [0.717, 1.165) is 32.4 Å². The molecule has 10 nitrogen and oxygen atoms in total. The number of anilines is 3. The summed E-state index contributed by atoms with van der Waals surface area (Å²) in [5, 5.41) is 1.46. The number of esters is 1. The van der Waals surface area contributed by atoms with Gasteiger partial charge in [0.2, 0.25) is 15.9 Å². The Morgan fingerprint density at radius 3 is 2.50 bits per heavy atom. The molecule has 1 aromatic carbocycles. The molecule has 2 aromatic rings. The van der Waals surface area contributed by atoms with E-state index >= 15 is 0 Å². The third-order valence-electron chi connectivity index (χ3n) is 7.13. The van der Waals surface area contributed by atoms with E-state index in [2.05, 4.69) is 19.9 Å². The number of carbonyl (C=O) groups is 2. The van der Waals surface area contributed by atoms with Crippen LogP contribution in [0.5, 0.6) is 5.88 Å². The lowest BCUT2D eigenvalue weighted by Gasteiger charge is -2.35. The average Bonchev–Trinajstić information content (AvgIpc) is 3.66. The summed E-state index contributed by atoms with van der Waals surface area (Å²) in [6.45, 7) is 7.06. The number of sulfonamides is 1. The molecule has 1 aromatic heterocycles. The fourth-order valence-corrected chi connectivity index (χ4v) is 5.50. The van der Waals surface area contributed by atoms with Gasteiger partial charge in [-0.2, -0.15) is 4.98 Å². The van der Waals surface area contributed by atoms with Crippen LogP contribution in [0.3, 0.4) is 0 Å². The molecule has 1 amide bonds. The molecule has 2 N–H and O–H groups in total. The van der Waals surface area contributed by atoms with Crippen LogP contribution >= 0.6 is 0 Å². The number of carbonyl (C=O) groups excluding carboxylic acids is 2. The highest BCUT2D eigenvalue weighted by Crippen LogP contribution is 2.54. The first kappa shape index (κ1) is 27.7. The predicted molar refractivity (Wildman–Crippen MR) is 146 cm³/mol. The van der Waals surface area contributed by atoms with Gasteiger partial charge in [-0.1, -0.05) is 13.0 Å². The molecule has 0 bridgehead atoms. The smallest absolute Gasteiger partial charge is 0.325 e. The maximum Gasteiger partial charge on any atom is 0.325 e. The molecule has 1 unspecified atom stereocenters. The highest BCUT2D eigenvalue weighted by molar-refractivity contribution is 7.94. The maximum atomic E-state index is 13.4. The van der Waals surface area contributed by atoms with Crippen molar-refractivity contribution in [2.75, 3.05) is 41.2 Å². The molecular weight excluding hydrogens is 508 g/mol. The van der Waals surface area contributed by atoms with E-state index in [9.17, 15) is 18.0 Å². The summed E-state index contributed by atoms with van der Waals surface area (Å²) in [6, 6.07) is 9.95. The van der Waals surface area contributed by atoms with Gasteiger partial charge in [-0.05, 0) is 75.6 Å². The van der Waals surface area contributed by atoms with Crippen LogP contribution in [-0.2, 0) is 19.6 Å². The molecule has 1 spiro atoms. The zero-order valence-electron chi connectivity index (χ0n) is 22.2. The lowest BCUT2D eigenvalue weighted by Crippen LogP contribution is -2.36. The molecule has 11 heteroatoms. The molecular formula is C27H36N4O6S. The van der Waals surface area contributed by atoms with Gasteiger partial charge in [0, 0.05) is 19.2 Å². The molecule has 1 atom stereocenters. The van der Waals surface area contributed by atoms with Crippen molar-refractivity contribution >= 4 is 39.1 Å². The fraction of sp³-hybridized carbons (Fsp3) is 0.519. The molecule has 4 rings (SSSR count). The van der Waals surface area contributed by atoms with Gasteiger partial charge in [-0.25, -0.2) is 8.42 Å². The largest absolute Gasteiger partial charge is 0.478 e. The predicted octanol–water partition coefficient (Wildman–Crippen LogP) is 4.20. The third-order valence-corrected chi connectivity index (χ3v) is 8.77. The Labute approximate surface area is 224 Å². The number of nitrogens with zero attached hydrogens (tertiary/aromatic N) is 2. The van der Waals surface area contributed by atoms with Gasteiger partial charge in [0.25, 0.3) is 5.91 Å². The van der Waals surface area contributed by atoms with Crippen LogP contribution in [0.1, 0.15) is 63.2 Å². The van der Waals surface area contributed by atoms with Crippen molar-refractivity contribution in [1.29, 1.82) is 0 Å². The quantitative estimate of drug-likeness (QED) is 0.403. The number of benzene rings is 1. The number of piperidine rings is 1. The van der Waals surface area contributed by atoms with Crippen molar-refractivity contribution in [3.05, 3.63) is 42.0 Å². The van der Waals surface area contributed by atoms with Gasteiger partial charge in [0.1, 0.15) is 5.82 Å². The van der Waals surface area contributed by atoms with Crippen LogP contribution in [0.25, 0.3) is 0 Å². The van der Waals surface area contributed by atoms with Crippen LogP contribution in [0, 0.1) is 5.41 Å². The second-order valence-corrected chi connectivity index (χ2v) is 11.9. The normalized spacial score (nSPS) is 17.0. The second-order valence-electron chi connectivity index (χ2n) is 9.92. The van der Waals surface area contributed by atoms with Gasteiger partial charge < -0.3 is 19.7 Å². The second kappa shape index (κ2) is 11.6. The lowest BCUT2D eigenvalue weighted by molar-refractivity contribution is -0.142. The molecule has 2 aliphatic rings. The minimum atomic E-state index is -4.05. The van der Waals surface area contributed by atoms with Gasteiger partial charge in [-0.3, -0.25) is 14.3 Å². The number of amides is 1. The first-order valence-electron chi connectivity index (χ1n) is 13.1. The van der Waals surface area contributed by atoms with Crippen molar-refractivity contribution < 1.29 is 27.5 Å². The Kier molecular flexibility index (Phi) is 8.44. The van der Waals surface area contributed by atoms with E-state index in [-0.39, 0.29) is 18.2 Å². The van der Waals surface area contributed by atoms with Crippen LogP contribution in [0.2, 0.25) is 0 Å².